The molecule has 28 heavy (non-hydrogen) atoms. The number of amides is 2. The van der Waals surface area contributed by atoms with Crippen LogP contribution in [-0.4, -0.2) is 29.0 Å². The minimum absolute atomic E-state index is 0.0796. The smallest absolute Gasteiger partial charge is 0.315 e. The van der Waals surface area contributed by atoms with Gasteiger partial charge in [-0.05, 0) is 61.7 Å². The Hall–Kier alpha value is -3.28. The zero-order chi connectivity index (χ0) is 19.8. The molecule has 6 heteroatoms. The monoisotopic (exact) mass is 378 g/mol. The largest absolute Gasteiger partial charge is 0.494 e. The van der Waals surface area contributed by atoms with Crippen LogP contribution in [0.4, 0.5) is 4.79 Å². The van der Waals surface area contributed by atoms with Gasteiger partial charge in [0.15, 0.2) is 0 Å². The van der Waals surface area contributed by atoms with Gasteiger partial charge in [-0.2, -0.15) is 5.10 Å². The standard InChI is InChI=1S/C22H26N4O2/c1-3-28-21-11-7-19(8-12-21)17(2)25-22(27)23-15-13-18-5-9-20(10-6-18)26-16-4-14-24-26/h4-12,14,16-17H,3,13,15H2,1-2H3,(H2,23,25,27). The highest BCUT2D eigenvalue weighted by molar-refractivity contribution is 5.74. The van der Waals surface area contributed by atoms with Gasteiger partial charge in [-0.3, -0.25) is 0 Å². The molecule has 0 bridgehead atoms. The second-order valence-corrected chi connectivity index (χ2v) is 6.49. The molecule has 146 valence electrons. The Morgan fingerprint density at radius 2 is 1.89 bits per heavy atom. The molecule has 2 N–H and O–H groups in total. The van der Waals surface area contributed by atoms with Crippen LogP contribution >= 0.6 is 0 Å². The number of carbonyl (C=O) groups excluding carboxylic acids is 1. The highest BCUT2D eigenvalue weighted by atomic mass is 16.5. The zero-order valence-corrected chi connectivity index (χ0v) is 16.3. The lowest BCUT2D eigenvalue weighted by molar-refractivity contribution is 0.238. The molecule has 3 rings (SSSR count). The van der Waals surface area contributed by atoms with Crippen molar-refractivity contribution in [1.29, 1.82) is 0 Å². The van der Waals surface area contributed by atoms with E-state index in [9.17, 15) is 4.79 Å². The number of aromatic nitrogens is 2. The van der Waals surface area contributed by atoms with Crippen LogP contribution in [0.5, 0.6) is 5.75 Å². The van der Waals surface area contributed by atoms with Gasteiger partial charge in [0, 0.05) is 18.9 Å². The van der Waals surface area contributed by atoms with E-state index in [1.165, 1.54) is 0 Å². The maximum atomic E-state index is 12.1. The Kier molecular flexibility index (Phi) is 6.68. The second kappa shape index (κ2) is 9.60. The van der Waals surface area contributed by atoms with Gasteiger partial charge < -0.3 is 15.4 Å². The van der Waals surface area contributed by atoms with Crippen molar-refractivity contribution in [2.45, 2.75) is 26.3 Å². The Morgan fingerprint density at radius 3 is 2.54 bits per heavy atom. The molecule has 0 radical (unpaired) electrons. The van der Waals surface area contributed by atoms with Gasteiger partial charge in [0.2, 0.25) is 0 Å². The highest BCUT2D eigenvalue weighted by Gasteiger charge is 2.09. The summed E-state index contributed by atoms with van der Waals surface area (Å²) < 4.78 is 7.26. The van der Waals surface area contributed by atoms with Gasteiger partial charge in [0.25, 0.3) is 0 Å². The molecule has 2 amide bonds. The molecule has 0 saturated heterocycles. The van der Waals surface area contributed by atoms with E-state index in [4.69, 9.17) is 4.74 Å². The lowest BCUT2D eigenvalue weighted by Crippen LogP contribution is -2.38. The van der Waals surface area contributed by atoms with E-state index in [1.54, 1.807) is 6.20 Å². The quantitative estimate of drug-likeness (QED) is 0.625. The first-order valence-corrected chi connectivity index (χ1v) is 9.52. The van der Waals surface area contributed by atoms with Gasteiger partial charge in [-0.25, -0.2) is 9.48 Å². The average Bonchev–Trinajstić information content (AvgIpc) is 3.24. The first-order valence-electron chi connectivity index (χ1n) is 9.52. The molecule has 2 aromatic carbocycles. The van der Waals surface area contributed by atoms with Crippen molar-refractivity contribution in [2.75, 3.05) is 13.2 Å². The van der Waals surface area contributed by atoms with Crippen LogP contribution < -0.4 is 15.4 Å². The predicted octanol–water partition coefficient (Wildman–Crippen LogP) is 3.87. The molecule has 1 atom stereocenters. The summed E-state index contributed by atoms with van der Waals surface area (Å²) in [4.78, 5) is 12.1. The van der Waals surface area contributed by atoms with Gasteiger partial charge in [0.1, 0.15) is 5.75 Å². The zero-order valence-electron chi connectivity index (χ0n) is 16.3. The fourth-order valence-corrected chi connectivity index (χ4v) is 2.91. The molecular formula is C22H26N4O2. The van der Waals surface area contributed by atoms with Crippen LogP contribution in [0.1, 0.15) is 31.0 Å². The molecule has 1 aromatic heterocycles. The number of nitrogens with one attached hydrogen (secondary N) is 2. The number of ether oxygens (including phenoxy) is 1. The number of urea groups is 1. The lowest BCUT2D eigenvalue weighted by atomic mass is 10.1. The SMILES string of the molecule is CCOc1ccc(C(C)NC(=O)NCCc2ccc(-n3cccn3)cc2)cc1. The Balaban J connectivity index is 1.42. The number of rotatable bonds is 8. The lowest BCUT2D eigenvalue weighted by Gasteiger charge is -2.15. The third kappa shape index (κ3) is 5.36. The van der Waals surface area contributed by atoms with Crippen molar-refractivity contribution in [3.8, 4) is 11.4 Å². The Labute approximate surface area is 165 Å². The van der Waals surface area contributed by atoms with Crippen LogP contribution in [0.15, 0.2) is 67.0 Å². The van der Waals surface area contributed by atoms with Crippen LogP contribution in [0.25, 0.3) is 5.69 Å². The van der Waals surface area contributed by atoms with E-state index in [2.05, 4.69) is 27.9 Å². The van der Waals surface area contributed by atoms with Crippen LogP contribution in [0, 0.1) is 0 Å². The molecule has 0 aliphatic heterocycles. The summed E-state index contributed by atoms with van der Waals surface area (Å²) in [7, 11) is 0. The predicted molar refractivity (Wildman–Crippen MR) is 110 cm³/mol. The van der Waals surface area contributed by atoms with Gasteiger partial charge in [-0.1, -0.05) is 24.3 Å². The fourth-order valence-electron chi connectivity index (χ4n) is 2.91. The first-order chi connectivity index (χ1) is 13.7. The summed E-state index contributed by atoms with van der Waals surface area (Å²) in [6, 6.07) is 17.6. The maximum absolute atomic E-state index is 12.1. The number of benzene rings is 2. The summed E-state index contributed by atoms with van der Waals surface area (Å²) in [5.41, 5.74) is 3.22. The first kappa shape index (κ1) is 19.5. The Morgan fingerprint density at radius 1 is 1.14 bits per heavy atom. The van der Waals surface area contributed by atoms with Crippen LogP contribution in [0.3, 0.4) is 0 Å². The third-order valence-electron chi connectivity index (χ3n) is 4.44. The van der Waals surface area contributed by atoms with Gasteiger partial charge in [-0.15, -0.1) is 0 Å². The van der Waals surface area contributed by atoms with Crippen molar-refractivity contribution in [1.82, 2.24) is 20.4 Å². The molecule has 0 spiro atoms. The molecule has 0 aliphatic rings. The van der Waals surface area contributed by atoms with Crippen molar-refractivity contribution in [3.05, 3.63) is 78.1 Å². The van der Waals surface area contributed by atoms with Crippen LogP contribution in [-0.2, 0) is 6.42 Å². The highest BCUT2D eigenvalue weighted by Crippen LogP contribution is 2.17. The van der Waals surface area contributed by atoms with Crippen molar-refractivity contribution in [3.63, 3.8) is 0 Å². The number of carbonyl (C=O) groups is 1. The number of nitrogens with zero attached hydrogens (tertiary/aromatic N) is 2. The summed E-state index contributed by atoms with van der Waals surface area (Å²) in [6.07, 6.45) is 4.43. The van der Waals surface area contributed by atoms with E-state index in [1.807, 2.05) is 67.2 Å². The summed E-state index contributed by atoms with van der Waals surface area (Å²) >= 11 is 0. The fraction of sp³-hybridized carbons (Fsp3) is 0.273. The minimum atomic E-state index is -0.172. The van der Waals surface area contributed by atoms with Crippen LogP contribution in [0.2, 0.25) is 0 Å². The van der Waals surface area contributed by atoms with Gasteiger partial charge in [0.05, 0.1) is 18.3 Å². The maximum Gasteiger partial charge on any atom is 0.315 e. The molecule has 3 aromatic rings. The third-order valence-corrected chi connectivity index (χ3v) is 4.44. The summed E-state index contributed by atoms with van der Waals surface area (Å²) in [5.74, 6) is 0.835. The van der Waals surface area contributed by atoms with Gasteiger partial charge >= 0.3 is 6.03 Å². The average molecular weight is 378 g/mol. The van der Waals surface area contributed by atoms with Crippen molar-refractivity contribution >= 4 is 6.03 Å². The van der Waals surface area contributed by atoms with E-state index < -0.39 is 0 Å². The minimum Gasteiger partial charge on any atom is -0.494 e. The normalized spacial score (nSPS) is 11.6. The number of hydrogen-bond donors (Lipinski definition) is 2. The van der Waals surface area contributed by atoms with Crippen molar-refractivity contribution < 1.29 is 9.53 Å². The second-order valence-electron chi connectivity index (χ2n) is 6.49. The number of hydrogen-bond acceptors (Lipinski definition) is 3. The topological polar surface area (TPSA) is 68.2 Å². The Bertz CT molecular complexity index is 859. The summed E-state index contributed by atoms with van der Waals surface area (Å²) in [6.45, 7) is 5.13. The molecule has 0 aliphatic carbocycles. The molecular weight excluding hydrogens is 352 g/mol. The molecule has 0 fully saturated rings. The molecule has 6 nitrogen and oxygen atoms in total. The van der Waals surface area contributed by atoms with E-state index >= 15 is 0 Å². The molecule has 1 unspecified atom stereocenters. The molecule has 1 heterocycles. The van der Waals surface area contributed by atoms with Crippen molar-refractivity contribution in [2.24, 2.45) is 0 Å². The van der Waals surface area contributed by atoms with E-state index in [0.717, 1.165) is 29.0 Å². The van der Waals surface area contributed by atoms with E-state index in [-0.39, 0.29) is 12.1 Å². The summed E-state index contributed by atoms with van der Waals surface area (Å²) in [5, 5.41) is 10.1. The molecule has 0 saturated carbocycles. The van der Waals surface area contributed by atoms with E-state index in [0.29, 0.717) is 13.2 Å².